The van der Waals surface area contributed by atoms with Crippen LogP contribution in [-0.2, 0) is 48.1 Å². The molecule has 14 heteroatoms. The number of aryl methyl sites for hydroxylation is 2. The third kappa shape index (κ3) is 9.13. The van der Waals surface area contributed by atoms with Crippen LogP contribution in [0.3, 0.4) is 0 Å². The minimum atomic E-state index is -4.24. The molecule has 2 aromatic rings. The highest BCUT2D eigenvalue weighted by Crippen LogP contribution is 2.45. The second-order valence-corrected chi connectivity index (χ2v) is 18.1. The summed E-state index contributed by atoms with van der Waals surface area (Å²) in [6.45, 7) is 1.14. The van der Waals surface area contributed by atoms with Crippen LogP contribution in [0.2, 0.25) is 0 Å². The first-order valence-corrected chi connectivity index (χ1v) is 20.3. The summed E-state index contributed by atoms with van der Waals surface area (Å²) in [4.78, 5) is 53.1. The molecule has 4 fully saturated rings. The van der Waals surface area contributed by atoms with Crippen LogP contribution in [-0.4, -0.2) is 48.8 Å². The molecule has 2 heterocycles. The van der Waals surface area contributed by atoms with Crippen molar-refractivity contribution in [1.82, 2.24) is 10.6 Å². The Labute approximate surface area is 306 Å². The smallest absolute Gasteiger partial charge is 0.352 e. The maximum Gasteiger partial charge on any atom is 0.392 e. The lowest BCUT2D eigenvalue weighted by Crippen LogP contribution is -2.31. The Hall–Kier alpha value is -2.74. The van der Waals surface area contributed by atoms with Crippen molar-refractivity contribution in [2.24, 2.45) is 35.5 Å². The van der Waals surface area contributed by atoms with Gasteiger partial charge in [0.05, 0.1) is 23.0 Å². The molecule has 6 aliphatic rings. The van der Waals surface area contributed by atoms with Crippen molar-refractivity contribution < 1.29 is 45.5 Å². The number of amides is 2. The third-order valence-electron chi connectivity index (χ3n) is 11.3. The molecule has 0 saturated heterocycles. The Balaban J connectivity index is 0.000000162. The van der Waals surface area contributed by atoms with Gasteiger partial charge in [0.25, 0.3) is 11.8 Å². The van der Waals surface area contributed by atoms with E-state index in [1.54, 1.807) is 0 Å². The summed E-state index contributed by atoms with van der Waals surface area (Å²) in [6.07, 6.45) is 0.332. The van der Waals surface area contributed by atoms with Crippen molar-refractivity contribution in [2.45, 2.75) is 115 Å². The van der Waals surface area contributed by atoms with Crippen LogP contribution in [0.4, 0.5) is 26.3 Å². The van der Waals surface area contributed by atoms with Crippen molar-refractivity contribution in [3.63, 3.8) is 0 Å². The first kappa shape index (κ1) is 37.6. The summed E-state index contributed by atoms with van der Waals surface area (Å²) >= 11 is 2.75. The van der Waals surface area contributed by atoms with Gasteiger partial charge in [-0.25, -0.2) is 0 Å². The molecule has 0 unspecified atom stereocenters. The van der Waals surface area contributed by atoms with Crippen LogP contribution in [0.25, 0.3) is 0 Å². The Kier molecular flexibility index (Phi) is 10.7. The van der Waals surface area contributed by atoms with E-state index in [9.17, 15) is 45.5 Å². The molecule has 0 bridgehead atoms. The minimum Gasteiger partial charge on any atom is -0.352 e. The molecule has 6 nitrogen and oxygen atoms in total. The summed E-state index contributed by atoms with van der Waals surface area (Å²) in [5.41, 5.74) is 1.81. The number of halogens is 6. The lowest BCUT2D eigenvalue weighted by molar-refractivity contribution is -0.177. The zero-order chi connectivity index (χ0) is 36.9. The van der Waals surface area contributed by atoms with Gasteiger partial charge in [-0.1, -0.05) is 0 Å². The maximum absolute atomic E-state index is 13.2. The molecule has 0 radical (unpaired) electrons. The highest BCUT2D eigenvalue weighted by molar-refractivity contribution is 7.13. The molecule has 0 spiro atoms. The van der Waals surface area contributed by atoms with Crippen molar-refractivity contribution in [3.8, 4) is 0 Å². The van der Waals surface area contributed by atoms with E-state index >= 15 is 0 Å². The third-order valence-corrected chi connectivity index (χ3v) is 13.9. The summed E-state index contributed by atoms with van der Waals surface area (Å²) < 4.78 is 79.3. The van der Waals surface area contributed by atoms with Gasteiger partial charge in [0.1, 0.15) is 11.6 Å². The fourth-order valence-electron chi connectivity index (χ4n) is 7.33. The lowest BCUT2D eigenvalue weighted by Gasteiger charge is -2.25. The molecule has 52 heavy (non-hydrogen) atoms. The monoisotopic (exact) mass is 770 g/mol. The van der Waals surface area contributed by atoms with E-state index in [0.717, 1.165) is 61.1 Å². The van der Waals surface area contributed by atoms with Crippen molar-refractivity contribution in [3.05, 3.63) is 41.8 Å². The Bertz CT molecular complexity index is 1590. The normalized spacial score (nSPS) is 22.8. The van der Waals surface area contributed by atoms with Crippen molar-refractivity contribution in [1.29, 1.82) is 0 Å². The highest BCUT2D eigenvalue weighted by atomic mass is 32.1. The largest absolute Gasteiger partial charge is 0.392 e. The van der Waals surface area contributed by atoms with E-state index in [4.69, 9.17) is 0 Å². The molecule has 6 aliphatic carbocycles. The quantitative estimate of drug-likeness (QED) is 0.213. The molecule has 2 amide bonds. The summed E-state index contributed by atoms with van der Waals surface area (Å²) in [6, 6.07) is 0. The van der Waals surface area contributed by atoms with Gasteiger partial charge in [0.15, 0.2) is 0 Å². The number of ketones is 2. The maximum atomic E-state index is 13.2. The van der Waals surface area contributed by atoms with E-state index in [0.29, 0.717) is 69.8 Å². The van der Waals surface area contributed by atoms with Crippen LogP contribution < -0.4 is 10.6 Å². The molecular formula is C38H44F6N2O4S2. The topological polar surface area (TPSA) is 92.3 Å². The molecule has 2 N–H and O–H groups in total. The predicted molar refractivity (Wildman–Crippen MR) is 185 cm³/mol. The summed E-state index contributed by atoms with van der Waals surface area (Å²) in [7, 11) is 0. The Morgan fingerprint density at radius 2 is 0.923 bits per heavy atom. The van der Waals surface area contributed by atoms with Crippen LogP contribution >= 0.6 is 22.7 Å². The number of rotatable bonds is 12. The van der Waals surface area contributed by atoms with Gasteiger partial charge in [-0.3, -0.25) is 19.2 Å². The number of fused-ring (bicyclic) bond motifs is 2. The fraction of sp³-hybridized carbons (Fsp3) is 0.684. The van der Waals surface area contributed by atoms with E-state index in [-0.39, 0.29) is 73.7 Å². The van der Waals surface area contributed by atoms with E-state index in [2.05, 4.69) is 10.6 Å². The van der Waals surface area contributed by atoms with Gasteiger partial charge in [-0.05, 0) is 113 Å². The second-order valence-electron chi connectivity index (χ2n) is 15.7. The molecule has 4 saturated carbocycles. The fourth-order valence-corrected chi connectivity index (χ4v) is 10.0. The number of hydrogen-bond donors (Lipinski definition) is 2. The van der Waals surface area contributed by atoms with Crippen LogP contribution in [0, 0.1) is 35.5 Å². The van der Waals surface area contributed by atoms with Gasteiger partial charge in [-0.2, -0.15) is 26.3 Å². The average Bonchev–Trinajstić information content (AvgIpc) is 3.87. The van der Waals surface area contributed by atoms with Gasteiger partial charge in [0, 0.05) is 57.3 Å². The zero-order valence-electron chi connectivity index (χ0n) is 28.9. The first-order valence-electron chi connectivity index (χ1n) is 18.7. The van der Waals surface area contributed by atoms with E-state index < -0.39 is 24.2 Å². The average molecular weight is 771 g/mol. The van der Waals surface area contributed by atoms with Crippen molar-refractivity contribution in [2.75, 3.05) is 13.1 Å². The van der Waals surface area contributed by atoms with E-state index in [1.165, 1.54) is 22.7 Å². The summed E-state index contributed by atoms with van der Waals surface area (Å²) in [5.74, 6) is -2.00. The molecule has 0 aliphatic heterocycles. The molecular weight excluding hydrogens is 727 g/mol. The molecule has 2 atom stereocenters. The number of Topliss-reactive ketones (excluding diaryl/α,β-unsaturated/α-hetero) is 2. The number of thiophene rings is 2. The SMILES string of the molecule is O=C(NCC1CC1)c1c(CC(=O)C2CC2)sc2c1C[C@@H](C(F)(F)F)CC2.O=C(NCC1CC1)c1c(CC(=O)C2CC2)sc2c1C[C@H](C(F)(F)F)CC2. The minimum absolute atomic E-state index is 0.0656. The number of carbonyl (C=O) groups is 4. The number of alkyl halides is 6. The van der Waals surface area contributed by atoms with Gasteiger partial charge < -0.3 is 10.6 Å². The molecule has 8 rings (SSSR count). The van der Waals surface area contributed by atoms with Crippen LogP contribution in [0.1, 0.15) is 116 Å². The van der Waals surface area contributed by atoms with Gasteiger partial charge in [0.2, 0.25) is 0 Å². The van der Waals surface area contributed by atoms with Gasteiger partial charge in [-0.15, -0.1) is 22.7 Å². The molecule has 2 aromatic heterocycles. The Morgan fingerprint density at radius 1 is 0.558 bits per heavy atom. The molecule has 284 valence electrons. The zero-order valence-corrected chi connectivity index (χ0v) is 30.5. The number of hydrogen-bond acceptors (Lipinski definition) is 6. The summed E-state index contributed by atoms with van der Waals surface area (Å²) in [5, 5.41) is 5.77. The van der Waals surface area contributed by atoms with E-state index in [1.807, 2.05) is 0 Å². The Morgan fingerprint density at radius 3 is 1.23 bits per heavy atom. The molecule has 0 aromatic carbocycles. The van der Waals surface area contributed by atoms with Crippen LogP contribution in [0.15, 0.2) is 0 Å². The second kappa shape index (κ2) is 14.8. The lowest BCUT2D eigenvalue weighted by atomic mass is 9.85. The number of carbonyl (C=O) groups excluding carboxylic acids is 4. The predicted octanol–water partition coefficient (Wildman–Crippen LogP) is 8.15. The van der Waals surface area contributed by atoms with Crippen molar-refractivity contribution >= 4 is 46.1 Å². The van der Waals surface area contributed by atoms with Gasteiger partial charge >= 0.3 is 12.4 Å². The first-order chi connectivity index (χ1) is 24.7. The standard InChI is InChI=1S/2C19H22F3NO2S/c2*20-19(21,22)12-5-6-15-13(7-12)17(18(25)23-9-10-1-2-10)16(26-15)8-14(24)11-3-4-11/h2*10-12H,1-9H2,(H,23,25)/t2*12-/m10/s1. The van der Waals surface area contributed by atoms with Crippen LogP contribution in [0.5, 0.6) is 0 Å². The highest BCUT2D eigenvalue weighted by Gasteiger charge is 2.45. The number of nitrogens with one attached hydrogen (secondary N) is 2.